The van der Waals surface area contributed by atoms with Crippen molar-refractivity contribution >= 4 is 54.7 Å². The average Bonchev–Trinajstić information content (AvgIpc) is 3.45. The van der Waals surface area contributed by atoms with Gasteiger partial charge in [-0.05, 0) is 91.8 Å². The van der Waals surface area contributed by atoms with Crippen molar-refractivity contribution in [3.8, 4) is 11.3 Å². The van der Waals surface area contributed by atoms with Crippen LogP contribution in [0.5, 0.6) is 0 Å². The Morgan fingerprint density at radius 1 is 1.08 bits per heavy atom. The largest absolute Gasteiger partial charge is 0.459 e. The molecule has 0 bridgehead atoms. The zero-order chi connectivity index (χ0) is 26.3. The molecule has 37 heavy (non-hydrogen) atoms. The second kappa shape index (κ2) is 9.92. The first-order chi connectivity index (χ1) is 17.6. The molecule has 1 saturated heterocycles. The van der Waals surface area contributed by atoms with E-state index in [2.05, 4.69) is 37.0 Å². The van der Waals surface area contributed by atoms with E-state index in [4.69, 9.17) is 16.6 Å². The quantitative estimate of drug-likeness (QED) is 0.254. The SMILES string of the molecule is Cc1ccc(-c2ccc([C@H]3[C@H](c4ccccn4)NC(=S)N3c3ccc(NS(C)(=O)=O)c(C)c3)o2)c(Br)c1. The Labute approximate surface area is 230 Å². The van der Waals surface area contributed by atoms with Gasteiger partial charge in [-0.3, -0.25) is 9.71 Å². The van der Waals surface area contributed by atoms with Crippen LogP contribution in [0.1, 0.15) is 34.7 Å². The molecule has 0 aliphatic carbocycles. The van der Waals surface area contributed by atoms with Crippen molar-refractivity contribution < 1.29 is 12.8 Å². The number of sulfonamides is 1. The zero-order valence-electron chi connectivity index (χ0n) is 20.4. The van der Waals surface area contributed by atoms with Crippen LogP contribution in [0.3, 0.4) is 0 Å². The van der Waals surface area contributed by atoms with Crippen LogP contribution in [0.15, 0.2) is 81.8 Å². The highest BCUT2D eigenvalue weighted by Crippen LogP contribution is 2.44. The third kappa shape index (κ3) is 5.27. The number of pyridine rings is 1. The fraction of sp³-hybridized carbons (Fsp3) is 0.185. The molecule has 190 valence electrons. The molecule has 10 heteroatoms. The Morgan fingerprint density at radius 3 is 2.57 bits per heavy atom. The lowest BCUT2D eigenvalue weighted by atomic mass is 10.0. The van der Waals surface area contributed by atoms with Gasteiger partial charge in [0, 0.05) is 21.9 Å². The number of halogens is 1. The zero-order valence-corrected chi connectivity index (χ0v) is 23.6. The maximum Gasteiger partial charge on any atom is 0.229 e. The summed E-state index contributed by atoms with van der Waals surface area (Å²) in [5, 5.41) is 3.95. The van der Waals surface area contributed by atoms with Crippen molar-refractivity contribution in [1.82, 2.24) is 10.3 Å². The molecule has 2 atom stereocenters. The summed E-state index contributed by atoms with van der Waals surface area (Å²) in [7, 11) is -3.40. The van der Waals surface area contributed by atoms with E-state index in [0.29, 0.717) is 10.8 Å². The van der Waals surface area contributed by atoms with E-state index >= 15 is 0 Å². The van der Waals surface area contributed by atoms with Crippen LogP contribution in [-0.4, -0.2) is 24.8 Å². The highest BCUT2D eigenvalue weighted by Gasteiger charge is 2.42. The van der Waals surface area contributed by atoms with Gasteiger partial charge in [0.1, 0.15) is 17.6 Å². The van der Waals surface area contributed by atoms with Crippen LogP contribution in [0.4, 0.5) is 11.4 Å². The maximum absolute atomic E-state index is 11.8. The molecule has 5 rings (SSSR count). The predicted molar refractivity (Wildman–Crippen MR) is 154 cm³/mol. The minimum absolute atomic E-state index is 0.261. The average molecular weight is 598 g/mol. The molecular weight excluding hydrogens is 572 g/mol. The van der Waals surface area contributed by atoms with Gasteiger partial charge in [0.2, 0.25) is 10.0 Å². The number of anilines is 2. The number of thiocarbonyl (C=S) groups is 1. The van der Waals surface area contributed by atoms with Crippen molar-refractivity contribution in [2.24, 2.45) is 0 Å². The fourth-order valence-corrected chi connectivity index (χ4v) is 6.17. The molecule has 2 aromatic carbocycles. The molecule has 0 saturated carbocycles. The maximum atomic E-state index is 11.8. The normalized spacial score (nSPS) is 17.6. The van der Waals surface area contributed by atoms with Crippen LogP contribution in [0, 0.1) is 13.8 Å². The second-order valence-corrected chi connectivity index (χ2v) is 12.0. The molecule has 1 fully saturated rings. The van der Waals surface area contributed by atoms with Crippen molar-refractivity contribution in [3.63, 3.8) is 0 Å². The van der Waals surface area contributed by atoms with E-state index in [1.165, 1.54) is 0 Å². The smallest absolute Gasteiger partial charge is 0.229 e. The van der Waals surface area contributed by atoms with E-state index < -0.39 is 10.0 Å². The number of furan rings is 1. The van der Waals surface area contributed by atoms with Crippen LogP contribution in [0.25, 0.3) is 11.3 Å². The van der Waals surface area contributed by atoms with Gasteiger partial charge in [-0.2, -0.15) is 0 Å². The number of aryl methyl sites for hydroxylation is 2. The molecule has 0 amide bonds. The van der Waals surface area contributed by atoms with E-state index in [1.54, 1.807) is 12.3 Å². The summed E-state index contributed by atoms with van der Waals surface area (Å²) in [4.78, 5) is 6.58. The predicted octanol–water partition coefficient (Wildman–Crippen LogP) is 6.27. The Bertz CT molecular complexity index is 1590. The first-order valence-electron chi connectivity index (χ1n) is 11.6. The molecular formula is C27H25BrN4O3S2. The number of aromatic nitrogens is 1. The number of rotatable bonds is 6. The van der Waals surface area contributed by atoms with Crippen molar-refractivity contribution in [1.29, 1.82) is 0 Å². The Balaban J connectivity index is 1.59. The third-order valence-corrected chi connectivity index (χ3v) is 7.75. The monoisotopic (exact) mass is 596 g/mol. The summed E-state index contributed by atoms with van der Waals surface area (Å²) in [6.07, 6.45) is 2.89. The second-order valence-electron chi connectivity index (χ2n) is 9.06. The first-order valence-corrected chi connectivity index (χ1v) is 14.7. The number of hydrogen-bond acceptors (Lipinski definition) is 5. The van der Waals surface area contributed by atoms with Gasteiger partial charge < -0.3 is 14.6 Å². The van der Waals surface area contributed by atoms with E-state index in [0.717, 1.165) is 50.3 Å². The Kier molecular flexibility index (Phi) is 6.82. The lowest BCUT2D eigenvalue weighted by Crippen LogP contribution is -2.29. The standard InChI is InChI=1S/C27H25BrN4O3S2/c1-16-7-9-19(20(28)14-16)23-11-12-24(35-23)26-25(22-6-4-5-13-29-22)30-27(36)32(26)18-8-10-21(17(2)15-18)31-37(3,33)34/h4-15,25-26,31H,1-3H3,(H,30,36)/t25-,26-/m0/s1. The van der Waals surface area contributed by atoms with Crippen molar-refractivity contribution in [2.75, 3.05) is 15.9 Å². The van der Waals surface area contributed by atoms with Crippen LogP contribution >= 0.6 is 28.1 Å². The van der Waals surface area contributed by atoms with Gasteiger partial charge in [-0.25, -0.2) is 8.42 Å². The highest BCUT2D eigenvalue weighted by molar-refractivity contribution is 9.10. The first kappa shape index (κ1) is 25.4. The molecule has 1 aliphatic heterocycles. The summed E-state index contributed by atoms with van der Waals surface area (Å²) in [6, 6.07) is 20.8. The Hall–Kier alpha value is -3.21. The van der Waals surface area contributed by atoms with Crippen LogP contribution < -0.4 is 14.9 Å². The molecule has 0 radical (unpaired) electrons. The molecule has 1 aliphatic rings. The van der Waals surface area contributed by atoms with Gasteiger partial charge in [0.25, 0.3) is 0 Å². The summed E-state index contributed by atoms with van der Waals surface area (Å²) in [5.41, 5.74) is 5.05. The van der Waals surface area contributed by atoms with Crippen molar-refractivity contribution in [3.05, 3.63) is 100.0 Å². The van der Waals surface area contributed by atoms with Gasteiger partial charge in [-0.1, -0.05) is 28.1 Å². The topological polar surface area (TPSA) is 87.5 Å². The number of hydrogen-bond donors (Lipinski definition) is 2. The molecule has 2 N–H and O–H groups in total. The Morgan fingerprint density at radius 2 is 1.89 bits per heavy atom. The minimum atomic E-state index is -3.40. The third-order valence-electron chi connectivity index (χ3n) is 6.19. The summed E-state index contributed by atoms with van der Waals surface area (Å²) in [6.45, 7) is 3.90. The van der Waals surface area contributed by atoms with Gasteiger partial charge in [0.15, 0.2) is 5.11 Å². The highest BCUT2D eigenvalue weighted by atomic mass is 79.9. The van der Waals surface area contributed by atoms with Crippen molar-refractivity contribution in [2.45, 2.75) is 25.9 Å². The van der Waals surface area contributed by atoms with Crippen LogP contribution in [0.2, 0.25) is 0 Å². The molecule has 3 heterocycles. The summed E-state index contributed by atoms with van der Waals surface area (Å²) in [5.74, 6) is 1.46. The van der Waals surface area contributed by atoms with E-state index in [9.17, 15) is 8.42 Å². The van der Waals surface area contributed by atoms with Crippen LogP contribution in [-0.2, 0) is 10.0 Å². The molecule has 0 spiro atoms. The lowest BCUT2D eigenvalue weighted by molar-refractivity contribution is 0.439. The minimum Gasteiger partial charge on any atom is -0.459 e. The molecule has 0 unspecified atom stereocenters. The number of nitrogens with one attached hydrogen (secondary N) is 2. The van der Waals surface area contributed by atoms with E-state index in [-0.39, 0.29) is 12.1 Å². The molecule has 2 aromatic heterocycles. The van der Waals surface area contributed by atoms with Gasteiger partial charge >= 0.3 is 0 Å². The summed E-state index contributed by atoms with van der Waals surface area (Å²) < 4.78 is 33.5. The fourth-order valence-electron chi connectivity index (χ4n) is 4.51. The molecule has 4 aromatic rings. The number of benzene rings is 2. The van der Waals surface area contributed by atoms with Gasteiger partial charge in [0.05, 0.1) is 23.7 Å². The van der Waals surface area contributed by atoms with E-state index in [1.807, 2.05) is 73.3 Å². The number of nitrogens with zero attached hydrogens (tertiary/aromatic N) is 2. The van der Waals surface area contributed by atoms with Gasteiger partial charge in [-0.15, -0.1) is 0 Å². The summed E-state index contributed by atoms with van der Waals surface area (Å²) >= 11 is 9.46. The lowest BCUT2D eigenvalue weighted by Gasteiger charge is -2.26. The molecule has 7 nitrogen and oxygen atoms in total.